The number of hydrogen-bond acceptors (Lipinski definition) is 3. The van der Waals surface area contributed by atoms with Crippen molar-refractivity contribution < 1.29 is 9.59 Å². The van der Waals surface area contributed by atoms with Gasteiger partial charge in [-0.15, -0.1) is 0 Å². The number of nitriles is 1. The second kappa shape index (κ2) is 11.0. The lowest BCUT2D eigenvalue weighted by Gasteiger charge is -2.24. The molecule has 0 spiro atoms. The number of aryl methyl sites for hydroxylation is 1. The van der Waals surface area contributed by atoms with E-state index in [1.54, 1.807) is 18.2 Å². The summed E-state index contributed by atoms with van der Waals surface area (Å²) >= 11 is 6.10. The molecule has 2 unspecified atom stereocenters. The fraction of sp³-hybridized carbons (Fsp3) is 0.300. The smallest absolute Gasteiger partial charge is 0.251 e. The number of aromatic nitrogens is 1. The van der Waals surface area contributed by atoms with E-state index in [9.17, 15) is 9.59 Å². The van der Waals surface area contributed by atoms with E-state index in [4.69, 9.17) is 16.9 Å². The largest absolute Gasteiger partial charge is 0.349 e. The molecule has 0 bridgehead atoms. The fourth-order valence-electron chi connectivity index (χ4n) is 4.99. The Labute approximate surface area is 216 Å². The van der Waals surface area contributed by atoms with E-state index in [1.807, 2.05) is 50.2 Å². The Balaban J connectivity index is 1.46. The Kier molecular flexibility index (Phi) is 7.76. The summed E-state index contributed by atoms with van der Waals surface area (Å²) in [5.41, 5.74) is 4.07. The standard InChI is InChI=1S/C30H30ClN3O2/c1-4-27(19(3)14-23(35)15-20-10-11-22(18-32)26(31)16-20)33-30(36)21-12-13-29-25(17-21)24-8-6-7-9-28(24)34(29)5-2/h6-13,16-17,19,27H,4-5,14-15H2,1-3H3,(H,33,36). The average molecular weight is 500 g/mol. The van der Waals surface area contributed by atoms with Crippen molar-refractivity contribution in [1.29, 1.82) is 5.26 Å². The van der Waals surface area contributed by atoms with Crippen LogP contribution in [-0.2, 0) is 17.8 Å². The fourth-order valence-corrected chi connectivity index (χ4v) is 5.24. The first-order chi connectivity index (χ1) is 17.4. The molecule has 0 aliphatic rings. The van der Waals surface area contributed by atoms with Gasteiger partial charge in [-0.1, -0.05) is 49.7 Å². The lowest BCUT2D eigenvalue weighted by atomic mass is 9.91. The Hall–Kier alpha value is -3.62. The van der Waals surface area contributed by atoms with Crippen molar-refractivity contribution in [1.82, 2.24) is 9.88 Å². The van der Waals surface area contributed by atoms with Gasteiger partial charge in [-0.2, -0.15) is 5.26 Å². The van der Waals surface area contributed by atoms with Crippen molar-refractivity contribution in [3.05, 3.63) is 82.4 Å². The number of para-hydroxylation sites is 1. The second-order valence-corrected chi connectivity index (χ2v) is 9.71. The lowest BCUT2D eigenvalue weighted by molar-refractivity contribution is -0.119. The third-order valence-electron chi connectivity index (χ3n) is 6.90. The summed E-state index contributed by atoms with van der Waals surface area (Å²) in [6.45, 7) is 6.99. The molecule has 36 heavy (non-hydrogen) atoms. The van der Waals surface area contributed by atoms with Gasteiger partial charge in [0, 0.05) is 52.8 Å². The summed E-state index contributed by atoms with van der Waals surface area (Å²) in [7, 11) is 0. The zero-order valence-corrected chi connectivity index (χ0v) is 21.6. The van der Waals surface area contributed by atoms with Gasteiger partial charge in [-0.3, -0.25) is 9.59 Å². The van der Waals surface area contributed by atoms with Gasteiger partial charge >= 0.3 is 0 Å². The quantitative estimate of drug-likeness (QED) is 0.279. The Morgan fingerprint density at radius 2 is 1.78 bits per heavy atom. The van der Waals surface area contributed by atoms with Gasteiger partial charge in [0.25, 0.3) is 5.91 Å². The van der Waals surface area contributed by atoms with Crippen LogP contribution < -0.4 is 5.32 Å². The van der Waals surface area contributed by atoms with Gasteiger partial charge in [0.15, 0.2) is 0 Å². The van der Waals surface area contributed by atoms with E-state index in [0.717, 1.165) is 40.3 Å². The van der Waals surface area contributed by atoms with Crippen LogP contribution in [-0.4, -0.2) is 22.3 Å². The predicted molar refractivity (Wildman–Crippen MR) is 145 cm³/mol. The molecule has 4 rings (SSSR count). The number of ketones is 1. The van der Waals surface area contributed by atoms with Crippen LogP contribution in [0.25, 0.3) is 21.8 Å². The van der Waals surface area contributed by atoms with Crippen molar-refractivity contribution in [2.24, 2.45) is 5.92 Å². The average Bonchev–Trinajstić information content (AvgIpc) is 3.20. The first-order valence-corrected chi connectivity index (χ1v) is 12.8. The van der Waals surface area contributed by atoms with Crippen LogP contribution in [0.15, 0.2) is 60.7 Å². The molecule has 1 N–H and O–H groups in total. The Morgan fingerprint density at radius 3 is 2.47 bits per heavy atom. The van der Waals surface area contributed by atoms with Crippen molar-refractivity contribution in [3.63, 3.8) is 0 Å². The number of carbonyl (C=O) groups is 2. The molecule has 0 radical (unpaired) electrons. The predicted octanol–water partition coefficient (Wildman–Crippen LogP) is 6.69. The number of halogens is 1. The number of Topliss-reactive ketones (excluding diaryl/α,β-unsaturated/α-hetero) is 1. The van der Waals surface area contributed by atoms with Crippen LogP contribution in [0.5, 0.6) is 0 Å². The van der Waals surface area contributed by atoms with Crippen LogP contribution in [0.4, 0.5) is 0 Å². The third-order valence-corrected chi connectivity index (χ3v) is 7.21. The summed E-state index contributed by atoms with van der Waals surface area (Å²) in [5, 5.41) is 14.7. The summed E-state index contributed by atoms with van der Waals surface area (Å²) in [6, 6.07) is 21.1. The van der Waals surface area contributed by atoms with E-state index in [-0.39, 0.29) is 30.1 Å². The monoisotopic (exact) mass is 499 g/mol. The van der Waals surface area contributed by atoms with Gasteiger partial charge in [-0.25, -0.2) is 0 Å². The molecule has 0 aliphatic heterocycles. The van der Waals surface area contributed by atoms with E-state index in [2.05, 4.69) is 28.9 Å². The van der Waals surface area contributed by atoms with Crippen molar-refractivity contribution >= 4 is 45.1 Å². The molecule has 0 saturated heterocycles. The van der Waals surface area contributed by atoms with Crippen molar-refractivity contribution in [2.75, 3.05) is 0 Å². The van der Waals surface area contributed by atoms with Gasteiger partial charge < -0.3 is 9.88 Å². The molecule has 1 heterocycles. The minimum atomic E-state index is -0.129. The Bertz CT molecular complexity index is 1480. The second-order valence-electron chi connectivity index (χ2n) is 9.30. The molecule has 0 fully saturated rings. The molecule has 1 amide bonds. The molecule has 6 heteroatoms. The number of nitrogens with zero attached hydrogens (tertiary/aromatic N) is 2. The number of rotatable bonds is 9. The summed E-state index contributed by atoms with van der Waals surface area (Å²) in [5.74, 6) is -0.0777. The molecular weight excluding hydrogens is 470 g/mol. The maximum absolute atomic E-state index is 13.2. The minimum absolute atomic E-state index is 0.0222. The van der Waals surface area contributed by atoms with Gasteiger partial charge in [0.1, 0.15) is 11.9 Å². The maximum Gasteiger partial charge on any atom is 0.251 e. The number of nitrogens with one attached hydrogen (secondary N) is 1. The first-order valence-electron chi connectivity index (χ1n) is 12.4. The van der Waals surface area contributed by atoms with Gasteiger partial charge in [0.2, 0.25) is 0 Å². The molecule has 0 aliphatic carbocycles. The van der Waals surface area contributed by atoms with E-state index in [0.29, 0.717) is 22.6 Å². The summed E-state index contributed by atoms with van der Waals surface area (Å²) < 4.78 is 2.26. The van der Waals surface area contributed by atoms with Crippen LogP contribution in [0.3, 0.4) is 0 Å². The van der Waals surface area contributed by atoms with Gasteiger partial charge in [0.05, 0.1) is 10.6 Å². The van der Waals surface area contributed by atoms with Crippen molar-refractivity contribution in [3.8, 4) is 6.07 Å². The van der Waals surface area contributed by atoms with E-state index in [1.165, 1.54) is 0 Å². The maximum atomic E-state index is 13.2. The highest BCUT2D eigenvalue weighted by molar-refractivity contribution is 6.31. The normalized spacial score (nSPS) is 12.9. The molecule has 1 aromatic heterocycles. The number of fused-ring (bicyclic) bond motifs is 3. The van der Waals surface area contributed by atoms with Crippen LogP contribution in [0.1, 0.15) is 55.1 Å². The number of carbonyl (C=O) groups excluding carboxylic acids is 2. The molecule has 184 valence electrons. The highest BCUT2D eigenvalue weighted by Gasteiger charge is 2.22. The molecule has 5 nitrogen and oxygen atoms in total. The first kappa shape index (κ1) is 25.5. The number of amides is 1. The SMILES string of the molecule is CCC(NC(=O)c1ccc2c(c1)c1ccccc1n2CC)C(C)CC(=O)Cc1ccc(C#N)c(Cl)c1. The minimum Gasteiger partial charge on any atom is -0.349 e. The molecule has 0 saturated carbocycles. The van der Waals surface area contributed by atoms with E-state index < -0.39 is 0 Å². The van der Waals surface area contributed by atoms with Crippen LogP contribution in [0, 0.1) is 17.2 Å². The van der Waals surface area contributed by atoms with Gasteiger partial charge in [-0.05, 0) is 61.2 Å². The molecule has 4 aromatic rings. The topological polar surface area (TPSA) is 74.9 Å². The van der Waals surface area contributed by atoms with Crippen LogP contribution in [0.2, 0.25) is 5.02 Å². The third kappa shape index (κ3) is 5.15. The number of benzene rings is 3. The lowest BCUT2D eigenvalue weighted by Crippen LogP contribution is -2.39. The van der Waals surface area contributed by atoms with Crippen molar-refractivity contribution in [2.45, 2.75) is 52.6 Å². The summed E-state index contributed by atoms with van der Waals surface area (Å²) in [4.78, 5) is 25.9. The highest BCUT2D eigenvalue weighted by Crippen LogP contribution is 2.30. The molecule has 3 aromatic carbocycles. The molecule has 2 atom stereocenters. The summed E-state index contributed by atoms with van der Waals surface area (Å²) in [6.07, 6.45) is 1.32. The van der Waals surface area contributed by atoms with Crippen LogP contribution >= 0.6 is 11.6 Å². The zero-order chi connectivity index (χ0) is 25.8. The zero-order valence-electron chi connectivity index (χ0n) is 20.8. The highest BCUT2D eigenvalue weighted by atomic mass is 35.5. The molecular formula is C30H30ClN3O2. The Morgan fingerprint density at radius 1 is 1.03 bits per heavy atom. The number of hydrogen-bond donors (Lipinski definition) is 1. The van der Waals surface area contributed by atoms with E-state index >= 15 is 0 Å².